The maximum Gasteiger partial charge on any atom is 0.298 e. The Bertz CT molecular complexity index is 541. The Labute approximate surface area is 113 Å². The number of nitrogens with zero attached hydrogens (tertiary/aromatic N) is 2. The Hall–Kier alpha value is -1.55. The van der Waals surface area contributed by atoms with Crippen LogP contribution in [0, 0.1) is 0 Å². The van der Waals surface area contributed by atoms with Crippen LogP contribution in [0.5, 0.6) is 0 Å². The lowest BCUT2D eigenvalue weighted by atomic mass is 10.1. The summed E-state index contributed by atoms with van der Waals surface area (Å²) in [5.74, 6) is 0. The van der Waals surface area contributed by atoms with Gasteiger partial charge in [0, 0.05) is 19.6 Å². The van der Waals surface area contributed by atoms with E-state index in [4.69, 9.17) is 4.42 Å². The van der Waals surface area contributed by atoms with Crippen LogP contribution in [0.15, 0.2) is 22.6 Å². The van der Waals surface area contributed by atoms with Crippen LogP contribution in [-0.2, 0) is 6.42 Å². The highest BCUT2D eigenvalue weighted by Crippen LogP contribution is 2.23. The standard InChI is InChI=1S/C15H21N3O/c1-2-4-12-5-6-14-13(11-12)17-15(19-14)18-9-3-7-16-8-10-18/h5-6,11,16H,2-4,7-10H2,1H3. The van der Waals surface area contributed by atoms with Gasteiger partial charge in [-0.25, -0.2) is 0 Å². The molecule has 0 aliphatic carbocycles. The lowest BCUT2D eigenvalue weighted by molar-refractivity contribution is 0.571. The first-order valence-corrected chi connectivity index (χ1v) is 7.22. The molecular weight excluding hydrogens is 238 g/mol. The number of benzene rings is 1. The smallest absolute Gasteiger partial charge is 0.298 e. The summed E-state index contributed by atoms with van der Waals surface area (Å²) in [6.45, 7) is 6.26. The average Bonchev–Trinajstić information content (AvgIpc) is 2.65. The zero-order chi connectivity index (χ0) is 13.1. The molecule has 2 heterocycles. The number of oxazole rings is 1. The maximum atomic E-state index is 5.88. The van der Waals surface area contributed by atoms with Crippen molar-refractivity contribution in [2.75, 3.05) is 31.1 Å². The van der Waals surface area contributed by atoms with Crippen LogP contribution >= 0.6 is 0 Å². The molecule has 1 N–H and O–H groups in total. The average molecular weight is 259 g/mol. The van der Waals surface area contributed by atoms with E-state index < -0.39 is 0 Å². The molecule has 3 rings (SSSR count). The molecule has 1 aromatic carbocycles. The Balaban J connectivity index is 1.87. The number of aryl methyl sites for hydroxylation is 1. The highest BCUT2D eigenvalue weighted by molar-refractivity contribution is 5.75. The number of aromatic nitrogens is 1. The molecule has 4 nitrogen and oxygen atoms in total. The summed E-state index contributed by atoms with van der Waals surface area (Å²) in [7, 11) is 0. The summed E-state index contributed by atoms with van der Waals surface area (Å²) in [4.78, 5) is 6.89. The Morgan fingerprint density at radius 3 is 3.16 bits per heavy atom. The number of hydrogen-bond donors (Lipinski definition) is 1. The van der Waals surface area contributed by atoms with Gasteiger partial charge in [-0.2, -0.15) is 4.98 Å². The van der Waals surface area contributed by atoms with Crippen molar-refractivity contribution in [3.8, 4) is 0 Å². The van der Waals surface area contributed by atoms with E-state index in [0.29, 0.717) is 0 Å². The minimum atomic E-state index is 0.771. The molecule has 0 unspecified atom stereocenters. The van der Waals surface area contributed by atoms with Gasteiger partial charge in [-0.15, -0.1) is 0 Å². The van der Waals surface area contributed by atoms with Gasteiger partial charge >= 0.3 is 0 Å². The van der Waals surface area contributed by atoms with Crippen molar-refractivity contribution in [3.05, 3.63) is 23.8 Å². The quantitative estimate of drug-likeness (QED) is 0.920. The zero-order valence-corrected chi connectivity index (χ0v) is 11.5. The SMILES string of the molecule is CCCc1ccc2oc(N3CCCNCC3)nc2c1. The van der Waals surface area contributed by atoms with Gasteiger partial charge in [0.15, 0.2) is 5.58 Å². The van der Waals surface area contributed by atoms with Crippen molar-refractivity contribution in [1.29, 1.82) is 0 Å². The topological polar surface area (TPSA) is 41.3 Å². The van der Waals surface area contributed by atoms with Gasteiger partial charge in [0.25, 0.3) is 6.01 Å². The van der Waals surface area contributed by atoms with Crippen molar-refractivity contribution < 1.29 is 4.42 Å². The van der Waals surface area contributed by atoms with E-state index >= 15 is 0 Å². The fourth-order valence-corrected chi connectivity index (χ4v) is 2.58. The molecule has 2 aromatic rings. The van der Waals surface area contributed by atoms with E-state index in [1.54, 1.807) is 0 Å². The van der Waals surface area contributed by atoms with Crippen molar-refractivity contribution in [3.63, 3.8) is 0 Å². The summed E-state index contributed by atoms with van der Waals surface area (Å²) in [5, 5.41) is 3.40. The minimum absolute atomic E-state index is 0.771. The molecule has 0 radical (unpaired) electrons. The molecule has 0 amide bonds. The van der Waals surface area contributed by atoms with Crippen molar-refractivity contribution in [2.24, 2.45) is 0 Å². The van der Waals surface area contributed by atoms with Crippen molar-refractivity contribution in [2.45, 2.75) is 26.2 Å². The third-order valence-corrected chi connectivity index (χ3v) is 3.59. The molecule has 4 heteroatoms. The first-order chi connectivity index (χ1) is 9.36. The number of anilines is 1. The van der Waals surface area contributed by atoms with Gasteiger partial charge in [0.1, 0.15) is 5.52 Å². The van der Waals surface area contributed by atoms with Gasteiger partial charge in [0.05, 0.1) is 0 Å². The Morgan fingerprint density at radius 2 is 2.26 bits per heavy atom. The number of hydrogen-bond acceptors (Lipinski definition) is 4. The van der Waals surface area contributed by atoms with Crippen molar-refractivity contribution >= 4 is 17.1 Å². The van der Waals surface area contributed by atoms with Crippen LogP contribution in [0.25, 0.3) is 11.1 Å². The van der Waals surface area contributed by atoms with Crippen LogP contribution < -0.4 is 10.2 Å². The van der Waals surface area contributed by atoms with E-state index in [2.05, 4.69) is 34.3 Å². The molecule has 0 atom stereocenters. The highest BCUT2D eigenvalue weighted by atomic mass is 16.4. The number of fused-ring (bicyclic) bond motifs is 1. The highest BCUT2D eigenvalue weighted by Gasteiger charge is 2.15. The second-order valence-corrected chi connectivity index (χ2v) is 5.14. The maximum absolute atomic E-state index is 5.88. The zero-order valence-electron chi connectivity index (χ0n) is 11.5. The fraction of sp³-hybridized carbons (Fsp3) is 0.533. The summed E-state index contributed by atoms with van der Waals surface area (Å²) >= 11 is 0. The summed E-state index contributed by atoms with van der Waals surface area (Å²) in [5.41, 5.74) is 3.22. The second kappa shape index (κ2) is 5.61. The number of rotatable bonds is 3. The number of nitrogens with one attached hydrogen (secondary N) is 1. The predicted molar refractivity (Wildman–Crippen MR) is 77.7 cm³/mol. The molecule has 1 aromatic heterocycles. The van der Waals surface area contributed by atoms with Crippen LogP contribution in [0.1, 0.15) is 25.3 Å². The summed E-state index contributed by atoms with van der Waals surface area (Å²) < 4.78 is 5.88. The van der Waals surface area contributed by atoms with E-state index in [1.165, 1.54) is 5.56 Å². The molecule has 19 heavy (non-hydrogen) atoms. The Kier molecular flexibility index (Phi) is 3.69. The summed E-state index contributed by atoms with van der Waals surface area (Å²) in [6, 6.07) is 7.12. The molecular formula is C15H21N3O. The summed E-state index contributed by atoms with van der Waals surface area (Å²) in [6.07, 6.45) is 3.40. The molecule has 0 spiro atoms. The van der Waals surface area contributed by atoms with Crippen LogP contribution in [0.2, 0.25) is 0 Å². The third-order valence-electron chi connectivity index (χ3n) is 3.59. The van der Waals surface area contributed by atoms with Crippen LogP contribution in [-0.4, -0.2) is 31.2 Å². The monoisotopic (exact) mass is 259 g/mol. The van der Waals surface area contributed by atoms with E-state index in [9.17, 15) is 0 Å². The van der Waals surface area contributed by atoms with Crippen LogP contribution in [0.4, 0.5) is 6.01 Å². The van der Waals surface area contributed by atoms with Gasteiger partial charge in [-0.05, 0) is 37.1 Å². The van der Waals surface area contributed by atoms with Crippen molar-refractivity contribution in [1.82, 2.24) is 10.3 Å². The minimum Gasteiger partial charge on any atom is -0.423 e. The largest absolute Gasteiger partial charge is 0.423 e. The molecule has 102 valence electrons. The normalized spacial score (nSPS) is 16.8. The van der Waals surface area contributed by atoms with E-state index in [0.717, 1.165) is 62.6 Å². The van der Waals surface area contributed by atoms with E-state index in [1.807, 2.05) is 6.07 Å². The third kappa shape index (κ3) is 2.73. The Morgan fingerprint density at radius 1 is 1.32 bits per heavy atom. The molecule has 1 aliphatic rings. The van der Waals surface area contributed by atoms with Gasteiger partial charge in [-0.1, -0.05) is 19.4 Å². The molecule has 1 aliphatic heterocycles. The van der Waals surface area contributed by atoms with Crippen LogP contribution in [0.3, 0.4) is 0 Å². The second-order valence-electron chi connectivity index (χ2n) is 5.14. The van der Waals surface area contributed by atoms with Gasteiger partial charge in [-0.3, -0.25) is 0 Å². The molecule has 1 saturated heterocycles. The fourth-order valence-electron chi connectivity index (χ4n) is 2.58. The first kappa shape index (κ1) is 12.5. The molecule has 1 fully saturated rings. The molecule has 0 bridgehead atoms. The lowest BCUT2D eigenvalue weighted by Crippen LogP contribution is -2.27. The molecule has 0 saturated carbocycles. The van der Waals surface area contributed by atoms with Gasteiger partial charge in [0.2, 0.25) is 0 Å². The lowest BCUT2D eigenvalue weighted by Gasteiger charge is -2.16. The predicted octanol–water partition coefficient (Wildman–Crippen LogP) is 2.58. The van der Waals surface area contributed by atoms with Gasteiger partial charge < -0.3 is 14.6 Å². The first-order valence-electron chi connectivity index (χ1n) is 7.22. The van der Waals surface area contributed by atoms with E-state index in [-0.39, 0.29) is 0 Å².